The highest BCUT2D eigenvalue weighted by Crippen LogP contribution is 2.48. The third-order valence-corrected chi connectivity index (χ3v) is 18.9. The molecule has 18 aromatic rings. The van der Waals surface area contributed by atoms with Crippen LogP contribution in [0.2, 0.25) is 0 Å². The highest BCUT2D eigenvalue weighted by atomic mass is 79.9. The van der Waals surface area contributed by atoms with E-state index in [9.17, 15) is 0 Å². The van der Waals surface area contributed by atoms with Gasteiger partial charge in [-0.3, -0.25) is 14.0 Å². The van der Waals surface area contributed by atoms with E-state index >= 15 is 0 Å². The molecule has 6 heterocycles. The summed E-state index contributed by atoms with van der Waals surface area (Å²) in [5, 5.41) is 8.17. The first-order valence-electron chi connectivity index (χ1n) is 33.3. The number of fused-ring (bicyclic) bond motifs is 16. The second-order valence-electron chi connectivity index (χ2n) is 24.6. The minimum atomic E-state index is 0.615. The summed E-state index contributed by atoms with van der Waals surface area (Å²) in [6.07, 6.45) is 0. The number of para-hydroxylation sites is 8. The van der Waals surface area contributed by atoms with Gasteiger partial charge in [0.1, 0.15) is 0 Å². The lowest BCUT2D eigenvalue weighted by atomic mass is 10.0. The molecule has 0 amide bonds. The number of hydrogen-bond acceptors (Lipinski definition) is 10. The van der Waals surface area contributed by atoms with Gasteiger partial charge >= 0.3 is 0 Å². The molecule has 0 saturated carbocycles. The van der Waals surface area contributed by atoms with Gasteiger partial charge in [-0.25, -0.2) is 39.9 Å². The van der Waals surface area contributed by atoms with Gasteiger partial charge in [-0.15, -0.1) is 0 Å². The Kier molecular flexibility index (Phi) is 15.4. The average molecular weight is 1360 g/mol. The number of benzene rings is 14. The molecule has 20 rings (SSSR count). The zero-order valence-corrected chi connectivity index (χ0v) is 55.7. The van der Waals surface area contributed by atoms with Gasteiger partial charge in [0.2, 0.25) is 11.9 Å². The van der Waals surface area contributed by atoms with Crippen LogP contribution in [0.15, 0.2) is 344 Å². The van der Waals surface area contributed by atoms with Crippen molar-refractivity contribution in [3.63, 3.8) is 0 Å². The number of halogens is 1. The molecule has 0 bridgehead atoms. The number of imidazole rings is 2. The van der Waals surface area contributed by atoms with Crippen LogP contribution in [0, 0.1) is 0 Å². The molecule has 0 unspecified atom stereocenters. The average Bonchev–Trinajstić information content (AvgIpc) is 1.58. The van der Waals surface area contributed by atoms with Crippen LogP contribution in [0.5, 0.6) is 0 Å². The molecule has 2 aliphatic rings. The molecule has 0 spiro atoms. The summed E-state index contributed by atoms with van der Waals surface area (Å²) in [4.78, 5) is 41.6. The van der Waals surface area contributed by atoms with E-state index in [0.29, 0.717) is 34.9 Å². The normalized spacial score (nSPS) is 11.7. The molecular formula is C88H57BrN12. The van der Waals surface area contributed by atoms with Crippen molar-refractivity contribution in [2.45, 2.75) is 0 Å². The fraction of sp³-hybridized carbons (Fsp3) is 0. The van der Waals surface area contributed by atoms with E-state index in [1.54, 1.807) is 0 Å². The summed E-state index contributed by atoms with van der Waals surface area (Å²) in [5.41, 5.74) is 19.9. The Morgan fingerprint density at radius 1 is 0.257 bits per heavy atom. The predicted molar refractivity (Wildman–Crippen MR) is 413 cm³/mol. The largest absolute Gasteiger partial charge is 0.325 e. The van der Waals surface area contributed by atoms with Crippen LogP contribution < -0.4 is 10.2 Å². The number of nitrogens with zero attached hydrogens (tertiary/aromatic N) is 11. The Morgan fingerprint density at radius 2 is 0.624 bits per heavy atom. The first-order valence-corrected chi connectivity index (χ1v) is 34.1. The molecule has 0 atom stereocenters. The van der Waals surface area contributed by atoms with E-state index in [-0.39, 0.29) is 0 Å². The summed E-state index contributed by atoms with van der Waals surface area (Å²) >= 11 is 3.49. The second kappa shape index (κ2) is 25.9. The van der Waals surface area contributed by atoms with Crippen molar-refractivity contribution in [2.75, 3.05) is 10.2 Å². The fourth-order valence-electron chi connectivity index (χ4n) is 13.5. The van der Waals surface area contributed by atoms with Crippen molar-refractivity contribution >= 4 is 88.5 Å². The molecule has 14 aromatic carbocycles. The van der Waals surface area contributed by atoms with E-state index in [2.05, 4.69) is 254 Å². The van der Waals surface area contributed by atoms with Crippen LogP contribution in [0.25, 0.3) is 146 Å². The lowest BCUT2D eigenvalue weighted by Crippen LogP contribution is -2.14. The monoisotopic (exact) mass is 1360 g/mol. The van der Waals surface area contributed by atoms with Crippen molar-refractivity contribution in [3.05, 3.63) is 344 Å². The van der Waals surface area contributed by atoms with Gasteiger partial charge in [-0.05, 0) is 119 Å². The fourth-order valence-corrected chi connectivity index (χ4v) is 13.7. The van der Waals surface area contributed by atoms with Crippen LogP contribution in [0.3, 0.4) is 0 Å². The smallest absolute Gasteiger partial charge is 0.220 e. The van der Waals surface area contributed by atoms with Gasteiger partial charge in [0.25, 0.3) is 0 Å². The Labute approximate surface area is 590 Å². The molecule has 1 N–H and O–H groups in total. The van der Waals surface area contributed by atoms with Gasteiger partial charge in [0.05, 0.1) is 39.1 Å². The predicted octanol–water partition coefficient (Wildman–Crippen LogP) is 22.4. The zero-order chi connectivity index (χ0) is 67.2. The van der Waals surface area contributed by atoms with Crippen molar-refractivity contribution < 1.29 is 0 Å². The molecule has 101 heavy (non-hydrogen) atoms. The highest BCUT2D eigenvalue weighted by molar-refractivity contribution is 9.10. The van der Waals surface area contributed by atoms with Gasteiger partial charge in [0, 0.05) is 71.5 Å². The van der Waals surface area contributed by atoms with Crippen LogP contribution in [-0.2, 0) is 0 Å². The molecule has 0 radical (unpaired) electrons. The maximum atomic E-state index is 5.22. The molecule has 0 aliphatic carbocycles. The standard InChI is InChI=1S/C44H28N6.C25H16BrN3.C19H13N3/c1-2-13-30(14-3-1)41-46-42(48-43(47-41)33-23-22-29-12-4-5-15-32(29)28-33)31-24-26-34(27-25-31)49-38-19-9-6-16-35(38)36-17-7-10-20-39(36)50-40-21-11-8-18-37(40)45-44(49)50;26-22-14-12-19(13-15-22)24-27-23(18-7-2-1-3-8-18)28-25(29-24)21-11-10-17-6-4-5-9-20(17)16-21;1-3-9-15-13(7-1)14-8-2-5-11-17(14)22-18-12-6-4-10-16(18)21-19(22)20-15/h1-28H;1-16H;1-12H,(H,20,21). The Hall–Kier alpha value is -13.4. The lowest BCUT2D eigenvalue weighted by Gasteiger charge is -2.24. The topological polar surface area (TPSA) is 128 Å². The third-order valence-electron chi connectivity index (χ3n) is 18.3. The first-order chi connectivity index (χ1) is 50.0. The third kappa shape index (κ3) is 11.5. The summed E-state index contributed by atoms with van der Waals surface area (Å²) in [6, 6.07) is 116. The van der Waals surface area contributed by atoms with Crippen LogP contribution in [0.1, 0.15) is 0 Å². The molecular weight excluding hydrogens is 1300 g/mol. The number of rotatable bonds is 7. The summed E-state index contributed by atoms with van der Waals surface area (Å²) in [6.45, 7) is 0. The van der Waals surface area contributed by atoms with Gasteiger partial charge in [0.15, 0.2) is 34.9 Å². The Bertz CT molecular complexity index is 6150. The molecule has 4 aromatic heterocycles. The first kappa shape index (κ1) is 60.1. The summed E-state index contributed by atoms with van der Waals surface area (Å²) in [5.74, 6) is 5.58. The van der Waals surface area contributed by atoms with Crippen LogP contribution >= 0.6 is 15.9 Å². The van der Waals surface area contributed by atoms with E-state index in [4.69, 9.17) is 39.9 Å². The maximum absolute atomic E-state index is 5.22. The van der Waals surface area contributed by atoms with Crippen molar-refractivity contribution in [2.24, 2.45) is 0 Å². The lowest BCUT2D eigenvalue weighted by molar-refractivity contribution is 1.05. The number of hydrogen-bond donors (Lipinski definition) is 1. The molecule has 0 fully saturated rings. The highest BCUT2D eigenvalue weighted by Gasteiger charge is 2.30. The van der Waals surface area contributed by atoms with Crippen molar-refractivity contribution in [3.8, 4) is 102 Å². The molecule has 13 heteroatoms. The maximum Gasteiger partial charge on any atom is 0.220 e. The van der Waals surface area contributed by atoms with Crippen LogP contribution in [0.4, 0.5) is 29.0 Å². The van der Waals surface area contributed by atoms with Gasteiger partial charge in [-0.1, -0.05) is 259 Å². The molecule has 476 valence electrons. The molecule has 2 aliphatic heterocycles. The second-order valence-corrected chi connectivity index (χ2v) is 25.5. The molecule has 0 saturated heterocycles. The van der Waals surface area contributed by atoms with Crippen LogP contribution in [-0.4, -0.2) is 49.0 Å². The van der Waals surface area contributed by atoms with Gasteiger partial charge < -0.3 is 5.32 Å². The SMILES string of the molecule is Brc1ccc(-c2nc(-c3ccccc3)nc(-c3ccc4ccccc4c3)n2)cc1.c1ccc(-c2nc(-c3ccc(N4c5ccccc5-c5ccccc5-n5c4nc4ccccc45)cc3)nc(-c3ccc4ccccc4c3)n2)cc1.c1ccc2c(c1)Nc1nc3ccccc3n1-c1ccccc1-2. The number of aromatic nitrogens is 10. The molecule has 12 nitrogen and oxygen atoms in total. The van der Waals surface area contributed by atoms with Crippen molar-refractivity contribution in [1.82, 2.24) is 49.0 Å². The van der Waals surface area contributed by atoms with E-state index in [0.717, 1.165) is 122 Å². The number of anilines is 5. The van der Waals surface area contributed by atoms with E-state index in [1.807, 2.05) is 121 Å². The van der Waals surface area contributed by atoms with Crippen molar-refractivity contribution in [1.29, 1.82) is 0 Å². The summed E-state index contributed by atoms with van der Waals surface area (Å²) < 4.78 is 5.49. The zero-order valence-electron chi connectivity index (χ0n) is 54.1. The minimum Gasteiger partial charge on any atom is -0.325 e. The van der Waals surface area contributed by atoms with E-state index in [1.165, 1.54) is 21.9 Å². The Morgan fingerprint density at radius 3 is 1.17 bits per heavy atom. The quantitative estimate of drug-likeness (QED) is 0.165. The van der Waals surface area contributed by atoms with Gasteiger partial charge in [-0.2, -0.15) is 0 Å². The number of nitrogens with one attached hydrogen (secondary N) is 1. The summed E-state index contributed by atoms with van der Waals surface area (Å²) in [7, 11) is 0. The van der Waals surface area contributed by atoms with E-state index < -0.39 is 0 Å². The Balaban J connectivity index is 0.000000121. The minimum absolute atomic E-state index is 0.615.